The summed E-state index contributed by atoms with van der Waals surface area (Å²) >= 11 is 0. The number of nitrogens with one attached hydrogen (secondary N) is 1. The first-order valence-electron chi connectivity index (χ1n) is 5.78. The van der Waals surface area contributed by atoms with Gasteiger partial charge in [0.05, 0.1) is 0 Å². The van der Waals surface area contributed by atoms with Gasteiger partial charge in [-0.3, -0.25) is 0 Å². The summed E-state index contributed by atoms with van der Waals surface area (Å²) in [7, 11) is 0. The summed E-state index contributed by atoms with van der Waals surface area (Å²) in [6.07, 6.45) is 0. The highest BCUT2D eigenvalue weighted by molar-refractivity contribution is 5.97. The van der Waals surface area contributed by atoms with Gasteiger partial charge in [0.1, 0.15) is 5.82 Å². The van der Waals surface area contributed by atoms with Crippen LogP contribution in [-0.2, 0) is 0 Å². The molecule has 0 spiro atoms. The van der Waals surface area contributed by atoms with Crippen LogP contribution < -0.4 is 5.32 Å². The fourth-order valence-corrected chi connectivity index (χ4v) is 1.76. The number of nitrogens with zero attached hydrogens (tertiary/aromatic N) is 1. The van der Waals surface area contributed by atoms with E-state index in [1.165, 1.54) is 0 Å². The first-order chi connectivity index (χ1) is 8.37. The van der Waals surface area contributed by atoms with Crippen LogP contribution >= 0.6 is 0 Å². The van der Waals surface area contributed by atoms with E-state index in [-0.39, 0.29) is 11.2 Å². The van der Waals surface area contributed by atoms with E-state index in [0.717, 1.165) is 10.8 Å². The summed E-state index contributed by atoms with van der Waals surface area (Å²) in [6.45, 7) is 6.03. The Morgan fingerprint density at radius 2 is 1.94 bits per heavy atom. The lowest BCUT2D eigenvalue weighted by Crippen LogP contribution is -2.27. The van der Waals surface area contributed by atoms with Crippen molar-refractivity contribution in [2.45, 2.75) is 26.3 Å². The Morgan fingerprint density at radius 1 is 1.28 bits per heavy atom. The Hall–Kier alpha value is -2.10. The minimum atomic E-state index is -1.02. The lowest BCUT2D eigenvalue weighted by atomic mass is 10.1. The number of carbonyl (C=O) groups is 1. The van der Waals surface area contributed by atoms with Crippen molar-refractivity contribution in [1.29, 1.82) is 0 Å². The van der Waals surface area contributed by atoms with E-state index in [4.69, 9.17) is 5.11 Å². The second-order valence-electron chi connectivity index (χ2n) is 5.26. The molecule has 94 valence electrons. The van der Waals surface area contributed by atoms with Gasteiger partial charge in [-0.1, -0.05) is 24.3 Å². The SMILES string of the molecule is CC(C)(C)Nc1nc(C(=O)O)cc2ccccc12. The number of benzene rings is 1. The third-order valence-electron chi connectivity index (χ3n) is 2.45. The summed E-state index contributed by atoms with van der Waals surface area (Å²) in [5.41, 5.74) is -0.118. The molecule has 0 atom stereocenters. The van der Waals surface area contributed by atoms with Crippen LogP contribution in [0.25, 0.3) is 10.8 Å². The number of hydrogen-bond donors (Lipinski definition) is 2. The topological polar surface area (TPSA) is 62.2 Å². The van der Waals surface area contributed by atoms with Gasteiger partial charge >= 0.3 is 5.97 Å². The third kappa shape index (κ3) is 2.59. The Balaban J connectivity index is 2.64. The Labute approximate surface area is 106 Å². The lowest BCUT2D eigenvalue weighted by Gasteiger charge is -2.22. The summed E-state index contributed by atoms with van der Waals surface area (Å²) in [5.74, 6) is -0.407. The fourth-order valence-electron chi connectivity index (χ4n) is 1.76. The number of aromatic nitrogens is 1. The third-order valence-corrected chi connectivity index (χ3v) is 2.45. The highest BCUT2D eigenvalue weighted by Gasteiger charge is 2.15. The van der Waals surface area contributed by atoms with E-state index in [0.29, 0.717) is 5.82 Å². The van der Waals surface area contributed by atoms with Crippen LogP contribution in [0.4, 0.5) is 5.82 Å². The molecular weight excluding hydrogens is 228 g/mol. The van der Waals surface area contributed by atoms with Gasteiger partial charge in [-0.25, -0.2) is 9.78 Å². The van der Waals surface area contributed by atoms with Crippen molar-refractivity contribution in [3.05, 3.63) is 36.0 Å². The van der Waals surface area contributed by atoms with Crippen LogP contribution in [0.5, 0.6) is 0 Å². The smallest absolute Gasteiger partial charge is 0.354 e. The zero-order valence-corrected chi connectivity index (χ0v) is 10.7. The lowest BCUT2D eigenvalue weighted by molar-refractivity contribution is 0.0691. The first kappa shape index (κ1) is 12.4. The van der Waals surface area contributed by atoms with Crippen molar-refractivity contribution in [3.8, 4) is 0 Å². The van der Waals surface area contributed by atoms with Crippen LogP contribution in [0, 0.1) is 0 Å². The number of pyridine rings is 1. The van der Waals surface area contributed by atoms with Crippen molar-refractivity contribution < 1.29 is 9.90 Å². The molecule has 2 aromatic rings. The number of hydrogen-bond acceptors (Lipinski definition) is 3. The number of aromatic carboxylic acids is 1. The van der Waals surface area contributed by atoms with Crippen molar-refractivity contribution in [2.75, 3.05) is 5.32 Å². The maximum Gasteiger partial charge on any atom is 0.354 e. The Bertz CT molecular complexity index is 600. The minimum Gasteiger partial charge on any atom is -0.477 e. The second kappa shape index (κ2) is 4.29. The number of carboxylic acid groups (broad SMARTS) is 1. The van der Waals surface area contributed by atoms with Crippen LogP contribution in [0.3, 0.4) is 0 Å². The summed E-state index contributed by atoms with van der Waals surface area (Å²) in [4.78, 5) is 15.2. The quantitative estimate of drug-likeness (QED) is 0.851. The van der Waals surface area contributed by atoms with E-state index in [2.05, 4.69) is 10.3 Å². The van der Waals surface area contributed by atoms with Gasteiger partial charge in [0, 0.05) is 10.9 Å². The highest BCUT2D eigenvalue weighted by Crippen LogP contribution is 2.25. The van der Waals surface area contributed by atoms with Crippen molar-refractivity contribution in [1.82, 2.24) is 4.98 Å². The number of carboxylic acids is 1. The summed E-state index contributed by atoms with van der Waals surface area (Å²) in [5, 5.41) is 14.1. The zero-order valence-electron chi connectivity index (χ0n) is 10.7. The molecule has 4 nitrogen and oxygen atoms in total. The molecule has 18 heavy (non-hydrogen) atoms. The van der Waals surface area contributed by atoms with Gasteiger partial charge in [-0.05, 0) is 32.2 Å². The van der Waals surface area contributed by atoms with E-state index >= 15 is 0 Å². The van der Waals surface area contributed by atoms with E-state index in [1.54, 1.807) is 6.07 Å². The fraction of sp³-hybridized carbons (Fsp3) is 0.286. The predicted octanol–water partition coefficient (Wildman–Crippen LogP) is 3.14. The van der Waals surface area contributed by atoms with Crippen molar-refractivity contribution >= 4 is 22.6 Å². The molecule has 1 aromatic carbocycles. The molecule has 0 radical (unpaired) electrons. The maximum absolute atomic E-state index is 11.1. The molecule has 0 unspecified atom stereocenters. The molecule has 1 heterocycles. The minimum absolute atomic E-state index is 0.0560. The molecule has 4 heteroatoms. The average Bonchev–Trinajstić information content (AvgIpc) is 2.26. The van der Waals surface area contributed by atoms with Gasteiger partial charge in [0.15, 0.2) is 5.69 Å². The molecular formula is C14H16N2O2. The van der Waals surface area contributed by atoms with Crippen LogP contribution in [0.2, 0.25) is 0 Å². The van der Waals surface area contributed by atoms with Gasteiger partial charge < -0.3 is 10.4 Å². The molecule has 0 aliphatic heterocycles. The van der Waals surface area contributed by atoms with Gasteiger partial charge in [-0.2, -0.15) is 0 Å². The molecule has 0 bridgehead atoms. The largest absolute Gasteiger partial charge is 0.477 e. The number of rotatable bonds is 2. The van der Waals surface area contributed by atoms with Gasteiger partial charge in [0.2, 0.25) is 0 Å². The number of anilines is 1. The Morgan fingerprint density at radius 3 is 2.56 bits per heavy atom. The monoisotopic (exact) mass is 244 g/mol. The first-order valence-corrected chi connectivity index (χ1v) is 5.78. The average molecular weight is 244 g/mol. The van der Waals surface area contributed by atoms with Crippen LogP contribution in [0.15, 0.2) is 30.3 Å². The van der Waals surface area contributed by atoms with E-state index < -0.39 is 5.97 Å². The molecule has 0 saturated carbocycles. The molecule has 2 rings (SSSR count). The molecule has 0 aliphatic rings. The predicted molar refractivity (Wildman–Crippen MR) is 72.1 cm³/mol. The highest BCUT2D eigenvalue weighted by atomic mass is 16.4. The molecule has 1 aromatic heterocycles. The maximum atomic E-state index is 11.1. The molecule has 0 aliphatic carbocycles. The molecule has 0 amide bonds. The molecule has 0 saturated heterocycles. The van der Waals surface area contributed by atoms with Gasteiger partial charge in [-0.15, -0.1) is 0 Å². The van der Waals surface area contributed by atoms with E-state index in [9.17, 15) is 4.79 Å². The normalized spacial score (nSPS) is 11.5. The Kier molecular flexibility index (Phi) is 2.95. The molecule has 2 N–H and O–H groups in total. The second-order valence-corrected chi connectivity index (χ2v) is 5.26. The van der Waals surface area contributed by atoms with E-state index in [1.807, 2.05) is 45.0 Å². The summed E-state index contributed by atoms with van der Waals surface area (Å²) in [6, 6.07) is 9.21. The van der Waals surface area contributed by atoms with Crippen LogP contribution in [0.1, 0.15) is 31.3 Å². The summed E-state index contributed by atoms with van der Waals surface area (Å²) < 4.78 is 0. The van der Waals surface area contributed by atoms with Gasteiger partial charge in [0.25, 0.3) is 0 Å². The van der Waals surface area contributed by atoms with Crippen molar-refractivity contribution in [2.24, 2.45) is 0 Å². The molecule has 0 fully saturated rings. The standard InChI is InChI=1S/C14H16N2O2/c1-14(2,3)16-12-10-7-5-4-6-9(10)8-11(15-12)13(17)18/h4-8H,1-3H3,(H,15,16)(H,17,18). The van der Waals surface area contributed by atoms with Crippen molar-refractivity contribution in [3.63, 3.8) is 0 Å². The number of fused-ring (bicyclic) bond motifs is 1. The van der Waals surface area contributed by atoms with Crippen LogP contribution in [-0.4, -0.2) is 21.6 Å². The zero-order chi connectivity index (χ0) is 13.3.